The summed E-state index contributed by atoms with van der Waals surface area (Å²) >= 11 is 0. The monoisotopic (exact) mass is 235 g/mol. The molecule has 1 unspecified atom stereocenters. The Morgan fingerprint density at radius 1 is 1.35 bits per heavy atom. The van der Waals surface area contributed by atoms with Crippen LogP contribution in [0.3, 0.4) is 0 Å². The number of nitrogens with one attached hydrogen (secondary N) is 1. The first-order chi connectivity index (χ1) is 8.27. The second-order valence-electron chi connectivity index (χ2n) is 4.49. The molecule has 1 rings (SSSR count). The molecular formula is C15H25NO. The van der Waals surface area contributed by atoms with E-state index in [2.05, 4.69) is 24.9 Å². The van der Waals surface area contributed by atoms with Gasteiger partial charge in [-0.2, -0.15) is 0 Å². The van der Waals surface area contributed by atoms with Crippen molar-refractivity contribution in [2.75, 3.05) is 6.54 Å². The molecule has 0 aromatic carbocycles. The first kappa shape index (κ1) is 14.0. The zero-order chi connectivity index (χ0) is 12.5. The van der Waals surface area contributed by atoms with E-state index in [1.807, 2.05) is 19.1 Å². The van der Waals surface area contributed by atoms with Crippen LogP contribution in [0, 0.1) is 6.92 Å². The Hall–Kier alpha value is -1.02. The van der Waals surface area contributed by atoms with Gasteiger partial charge in [0.1, 0.15) is 11.5 Å². The molecule has 0 aliphatic rings. The van der Waals surface area contributed by atoms with Gasteiger partial charge in [-0.05, 0) is 44.9 Å². The highest BCUT2D eigenvalue weighted by Crippen LogP contribution is 2.22. The van der Waals surface area contributed by atoms with Gasteiger partial charge in [0.15, 0.2) is 0 Å². The van der Waals surface area contributed by atoms with Gasteiger partial charge in [0, 0.05) is 0 Å². The quantitative estimate of drug-likeness (QED) is 0.507. The molecule has 0 aliphatic carbocycles. The molecule has 2 heteroatoms. The van der Waals surface area contributed by atoms with Gasteiger partial charge in [0.25, 0.3) is 0 Å². The van der Waals surface area contributed by atoms with Crippen molar-refractivity contribution < 1.29 is 4.42 Å². The van der Waals surface area contributed by atoms with Crippen LogP contribution in [-0.4, -0.2) is 6.54 Å². The highest BCUT2D eigenvalue weighted by Gasteiger charge is 2.13. The van der Waals surface area contributed by atoms with Gasteiger partial charge in [-0.25, -0.2) is 0 Å². The van der Waals surface area contributed by atoms with Crippen LogP contribution in [0.25, 0.3) is 0 Å². The number of rotatable bonds is 9. The van der Waals surface area contributed by atoms with E-state index in [-0.39, 0.29) is 0 Å². The Balaban J connectivity index is 2.35. The molecule has 0 amide bonds. The summed E-state index contributed by atoms with van der Waals surface area (Å²) in [6.45, 7) is 8.87. The van der Waals surface area contributed by atoms with E-state index in [1.54, 1.807) is 0 Å². The molecule has 96 valence electrons. The van der Waals surface area contributed by atoms with Crippen LogP contribution >= 0.6 is 0 Å². The fourth-order valence-corrected chi connectivity index (χ4v) is 2.05. The summed E-state index contributed by atoms with van der Waals surface area (Å²) in [7, 11) is 0. The van der Waals surface area contributed by atoms with Gasteiger partial charge < -0.3 is 9.73 Å². The molecule has 1 aromatic heterocycles. The lowest BCUT2D eigenvalue weighted by Crippen LogP contribution is -2.20. The van der Waals surface area contributed by atoms with Crippen LogP contribution in [-0.2, 0) is 0 Å². The predicted octanol–water partition coefficient (Wildman–Crippen LogP) is 4.38. The van der Waals surface area contributed by atoms with Crippen molar-refractivity contribution in [2.45, 2.75) is 52.0 Å². The van der Waals surface area contributed by atoms with Gasteiger partial charge in [-0.3, -0.25) is 0 Å². The number of allylic oxidation sites excluding steroid dienone is 1. The number of unbranched alkanes of at least 4 members (excludes halogenated alkanes) is 3. The predicted molar refractivity (Wildman–Crippen MR) is 73.1 cm³/mol. The third-order valence-corrected chi connectivity index (χ3v) is 2.96. The highest BCUT2D eigenvalue weighted by atomic mass is 16.3. The number of hydrogen-bond acceptors (Lipinski definition) is 2. The van der Waals surface area contributed by atoms with Crippen molar-refractivity contribution in [1.29, 1.82) is 0 Å². The Bertz CT molecular complexity index is 316. The first-order valence-electron chi connectivity index (χ1n) is 6.68. The maximum absolute atomic E-state index is 5.70. The van der Waals surface area contributed by atoms with Crippen molar-refractivity contribution in [1.82, 2.24) is 5.32 Å². The molecule has 1 atom stereocenters. The van der Waals surface area contributed by atoms with Gasteiger partial charge in [0.05, 0.1) is 6.04 Å². The molecule has 2 nitrogen and oxygen atoms in total. The van der Waals surface area contributed by atoms with Gasteiger partial charge in [0.2, 0.25) is 0 Å². The van der Waals surface area contributed by atoms with Gasteiger partial charge >= 0.3 is 0 Å². The smallest absolute Gasteiger partial charge is 0.121 e. The minimum absolute atomic E-state index is 0.373. The normalized spacial score (nSPS) is 12.6. The summed E-state index contributed by atoms with van der Waals surface area (Å²) in [6.07, 6.45) is 8.04. The van der Waals surface area contributed by atoms with Crippen molar-refractivity contribution in [3.8, 4) is 0 Å². The van der Waals surface area contributed by atoms with Gasteiger partial charge in [-0.1, -0.05) is 25.8 Å². The zero-order valence-electron chi connectivity index (χ0n) is 11.2. The lowest BCUT2D eigenvalue weighted by atomic mass is 10.1. The van der Waals surface area contributed by atoms with Crippen LogP contribution in [0.15, 0.2) is 29.2 Å². The van der Waals surface area contributed by atoms with Crippen LogP contribution in [0.5, 0.6) is 0 Å². The standard InChI is InChI=1S/C15H25NO/c1-4-6-7-8-9-10-14(16-5-2)15-12-11-13(3)17-15/h4,11-12,14,16H,1,5-10H2,2-3H3. The summed E-state index contributed by atoms with van der Waals surface area (Å²) in [4.78, 5) is 0. The van der Waals surface area contributed by atoms with E-state index in [1.165, 1.54) is 19.3 Å². The van der Waals surface area contributed by atoms with Crippen molar-refractivity contribution in [3.05, 3.63) is 36.3 Å². The minimum atomic E-state index is 0.373. The molecule has 1 heterocycles. The van der Waals surface area contributed by atoms with E-state index in [4.69, 9.17) is 4.42 Å². The average molecular weight is 235 g/mol. The molecule has 0 bridgehead atoms. The van der Waals surface area contributed by atoms with E-state index in [0.29, 0.717) is 6.04 Å². The maximum Gasteiger partial charge on any atom is 0.121 e. The van der Waals surface area contributed by atoms with E-state index in [9.17, 15) is 0 Å². The van der Waals surface area contributed by atoms with E-state index in [0.717, 1.165) is 30.9 Å². The molecule has 1 aromatic rings. The molecule has 0 saturated carbocycles. The highest BCUT2D eigenvalue weighted by molar-refractivity contribution is 5.09. The van der Waals surface area contributed by atoms with Crippen LogP contribution in [0.2, 0.25) is 0 Å². The molecule has 1 N–H and O–H groups in total. The fourth-order valence-electron chi connectivity index (χ4n) is 2.05. The largest absolute Gasteiger partial charge is 0.465 e. The van der Waals surface area contributed by atoms with Crippen LogP contribution < -0.4 is 5.32 Å². The Labute approximate surface area is 105 Å². The summed E-state index contributed by atoms with van der Waals surface area (Å²) in [5.41, 5.74) is 0. The molecule has 0 aliphatic heterocycles. The molecule has 0 radical (unpaired) electrons. The maximum atomic E-state index is 5.70. The second-order valence-corrected chi connectivity index (χ2v) is 4.49. The molecule has 0 fully saturated rings. The summed E-state index contributed by atoms with van der Waals surface area (Å²) in [5.74, 6) is 2.07. The van der Waals surface area contributed by atoms with Crippen molar-refractivity contribution >= 4 is 0 Å². The molecule has 17 heavy (non-hydrogen) atoms. The fraction of sp³-hybridized carbons (Fsp3) is 0.600. The second kappa shape index (κ2) is 8.13. The molecule has 0 spiro atoms. The van der Waals surface area contributed by atoms with Crippen LogP contribution in [0.4, 0.5) is 0 Å². The Morgan fingerprint density at radius 3 is 2.76 bits per heavy atom. The number of aryl methyl sites for hydroxylation is 1. The number of furan rings is 1. The SMILES string of the molecule is C=CCCCCCC(NCC)c1ccc(C)o1. The molecule has 0 saturated heterocycles. The number of hydrogen-bond donors (Lipinski definition) is 1. The Kier molecular flexibility index (Phi) is 6.71. The average Bonchev–Trinajstić information content (AvgIpc) is 2.74. The van der Waals surface area contributed by atoms with Crippen LogP contribution in [0.1, 0.15) is 56.6 Å². The lowest BCUT2D eigenvalue weighted by Gasteiger charge is -2.15. The Morgan fingerprint density at radius 2 is 2.18 bits per heavy atom. The lowest BCUT2D eigenvalue weighted by molar-refractivity contribution is 0.381. The van der Waals surface area contributed by atoms with Crippen molar-refractivity contribution in [3.63, 3.8) is 0 Å². The topological polar surface area (TPSA) is 25.2 Å². The summed E-state index contributed by atoms with van der Waals surface area (Å²) < 4.78 is 5.70. The molecular weight excluding hydrogens is 210 g/mol. The zero-order valence-corrected chi connectivity index (χ0v) is 11.2. The summed E-state index contributed by atoms with van der Waals surface area (Å²) in [5, 5.41) is 3.49. The summed E-state index contributed by atoms with van der Waals surface area (Å²) in [6, 6.07) is 4.50. The van der Waals surface area contributed by atoms with Gasteiger partial charge in [-0.15, -0.1) is 6.58 Å². The van der Waals surface area contributed by atoms with E-state index < -0.39 is 0 Å². The first-order valence-corrected chi connectivity index (χ1v) is 6.68. The third kappa shape index (κ3) is 5.22. The van der Waals surface area contributed by atoms with Crippen molar-refractivity contribution in [2.24, 2.45) is 0 Å². The third-order valence-electron chi connectivity index (χ3n) is 2.96. The van der Waals surface area contributed by atoms with E-state index >= 15 is 0 Å². The minimum Gasteiger partial charge on any atom is -0.465 e.